The van der Waals surface area contributed by atoms with Gasteiger partial charge in [-0.15, -0.1) is 0 Å². The summed E-state index contributed by atoms with van der Waals surface area (Å²) in [6, 6.07) is 9.75. The highest BCUT2D eigenvalue weighted by Crippen LogP contribution is 2.28. The van der Waals surface area contributed by atoms with Crippen LogP contribution in [0.25, 0.3) is 0 Å². The van der Waals surface area contributed by atoms with Gasteiger partial charge in [-0.1, -0.05) is 6.07 Å². The summed E-state index contributed by atoms with van der Waals surface area (Å²) < 4.78 is 37.5. The number of methoxy groups -OCH3 is 2. The molecule has 0 aliphatic rings. The Morgan fingerprint density at radius 3 is 2.04 bits per heavy atom. The van der Waals surface area contributed by atoms with E-state index in [-0.39, 0.29) is 17.1 Å². The molecule has 1 N–H and O–H groups in total. The summed E-state index contributed by atoms with van der Waals surface area (Å²) in [4.78, 5) is 9.97. The van der Waals surface area contributed by atoms with Crippen LogP contribution in [0.1, 0.15) is 5.56 Å². The van der Waals surface area contributed by atoms with Crippen molar-refractivity contribution in [3.05, 3.63) is 58.1 Å². The Morgan fingerprint density at radius 2 is 1.58 bits per heavy atom. The fourth-order valence-electron chi connectivity index (χ4n) is 2.10. The van der Waals surface area contributed by atoms with E-state index in [1.807, 2.05) is 0 Å². The summed E-state index contributed by atoms with van der Waals surface area (Å²) in [5, 5.41) is 10.6. The van der Waals surface area contributed by atoms with Crippen LogP contribution in [0.2, 0.25) is 0 Å². The molecule has 0 bridgehead atoms. The second-order valence-electron chi connectivity index (χ2n) is 4.72. The van der Waals surface area contributed by atoms with Crippen LogP contribution in [-0.2, 0) is 16.6 Å². The molecule has 0 radical (unpaired) electrons. The lowest BCUT2D eigenvalue weighted by molar-refractivity contribution is -0.384. The molecule has 0 amide bonds. The van der Waals surface area contributed by atoms with E-state index in [9.17, 15) is 18.5 Å². The standard InChI is InChI=1S/C15H16N2O6S/c1-22-14-4-3-5-15(23-2)13(14)10-16-24(20,21)12-8-6-11(7-9-12)17(18)19/h3-9,16H,10H2,1-2H3. The molecule has 0 saturated carbocycles. The van der Waals surface area contributed by atoms with Gasteiger partial charge in [0.25, 0.3) is 5.69 Å². The van der Waals surface area contributed by atoms with E-state index in [4.69, 9.17) is 9.47 Å². The van der Waals surface area contributed by atoms with Crippen molar-refractivity contribution in [1.82, 2.24) is 4.72 Å². The number of sulfonamides is 1. The van der Waals surface area contributed by atoms with Crippen LogP contribution in [0.15, 0.2) is 47.4 Å². The number of nitrogens with one attached hydrogen (secondary N) is 1. The lowest BCUT2D eigenvalue weighted by atomic mass is 10.2. The number of hydrogen-bond acceptors (Lipinski definition) is 6. The largest absolute Gasteiger partial charge is 0.496 e. The second kappa shape index (κ2) is 7.28. The van der Waals surface area contributed by atoms with Gasteiger partial charge < -0.3 is 9.47 Å². The van der Waals surface area contributed by atoms with Crippen molar-refractivity contribution in [1.29, 1.82) is 0 Å². The molecule has 0 aliphatic heterocycles. The third-order valence-electron chi connectivity index (χ3n) is 3.33. The average molecular weight is 352 g/mol. The molecule has 0 heterocycles. The molecule has 2 aromatic carbocycles. The maximum absolute atomic E-state index is 12.3. The van der Waals surface area contributed by atoms with Gasteiger partial charge in [0.1, 0.15) is 11.5 Å². The zero-order valence-corrected chi connectivity index (χ0v) is 13.9. The molecule has 0 aliphatic carbocycles. The van der Waals surface area contributed by atoms with Gasteiger partial charge in [0, 0.05) is 18.7 Å². The molecule has 8 nitrogen and oxygen atoms in total. The molecule has 9 heteroatoms. The summed E-state index contributed by atoms with van der Waals surface area (Å²) in [5.74, 6) is 0.974. The van der Waals surface area contributed by atoms with Gasteiger partial charge in [0.2, 0.25) is 10.0 Å². The molecule has 128 valence electrons. The molecule has 0 saturated heterocycles. The van der Waals surface area contributed by atoms with Crippen LogP contribution in [0.3, 0.4) is 0 Å². The first-order valence-electron chi connectivity index (χ1n) is 6.83. The van der Waals surface area contributed by atoms with Crippen LogP contribution in [0, 0.1) is 10.1 Å². The number of benzene rings is 2. The lowest BCUT2D eigenvalue weighted by Gasteiger charge is -2.14. The van der Waals surface area contributed by atoms with Crippen molar-refractivity contribution < 1.29 is 22.8 Å². The summed E-state index contributed by atoms with van der Waals surface area (Å²) in [6.07, 6.45) is 0. The topological polar surface area (TPSA) is 108 Å². The Morgan fingerprint density at radius 1 is 1.04 bits per heavy atom. The van der Waals surface area contributed by atoms with E-state index in [1.165, 1.54) is 26.4 Å². The number of non-ortho nitro benzene ring substituents is 1. The fraction of sp³-hybridized carbons (Fsp3) is 0.200. The lowest BCUT2D eigenvalue weighted by Crippen LogP contribution is -2.23. The monoisotopic (exact) mass is 352 g/mol. The number of rotatable bonds is 7. The first-order valence-corrected chi connectivity index (χ1v) is 8.31. The fourth-order valence-corrected chi connectivity index (χ4v) is 3.10. The molecule has 2 rings (SSSR count). The first-order chi connectivity index (χ1) is 11.4. The normalized spacial score (nSPS) is 11.1. The Hall–Kier alpha value is -2.65. The maximum Gasteiger partial charge on any atom is 0.269 e. The smallest absolute Gasteiger partial charge is 0.269 e. The van der Waals surface area contributed by atoms with Crippen LogP contribution < -0.4 is 14.2 Å². The Bertz CT molecular complexity index is 811. The van der Waals surface area contributed by atoms with Gasteiger partial charge in [0.15, 0.2) is 0 Å². The third-order valence-corrected chi connectivity index (χ3v) is 4.74. The minimum Gasteiger partial charge on any atom is -0.496 e. The second-order valence-corrected chi connectivity index (χ2v) is 6.48. The van der Waals surface area contributed by atoms with E-state index in [0.717, 1.165) is 12.1 Å². The van der Waals surface area contributed by atoms with Crippen molar-refractivity contribution in [3.63, 3.8) is 0 Å². The molecule has 0 aromatic heterocycles. The molecular formula is C15H16N2O6S. The molecule has 0 fully saturated rings. The maximum atomic E-state index is 12.3. The zero-order valence-electron chi connectivity index (χ0n) is 13.1. The molecular weight excluding hydrogens is 336 g/mol. The number of hydrogen-bond donors (Lipinski definition) is 1. The van der Waals surface area contributed by atoms with Crippen molar-refractivity contribution in [2.45, 2.75) is 11.4 Å². The van der Waals surface area contributed by atoms with E-state index in [1.54, 1.807) is 18.2 Å². The van der Waals surface area contributed by atoms with Gasteiger partial charge in [0.05, 0.1) is 29.6 Å². The summed E-state index contributed by atoms with van der Waals surface area (Å²) in [5.41, 5.74) is 0.369. The number of nitro groups is 1. The SMILES string of the molecule is COc1cccc(OC)c1CNS(=O)(=O)c1ccc([N+](=O)[O-])cc1. The predicted octanol–water partition coefficient (Wildman–Crippen LogP) is 2.09. The highest BCUT2D eigenvalue weighted by atomic mass is 32.2. The predicted molar refractivity (Wildman–Crippen MR) is 86.7 cm³/mol. The van der Waals surface area contributed by atoms with Crippen molar-refractivity contribution >= 4 is 15.7 Å². The van der Waals surface area contributed by atoms with Gasteiger partial charge in [-0.3, -0.25) is 10.1 Å². The van der Waals surface area contributed by atoms with Gasteiger partial charge in [-0.25, -0.2) is 13.1 Å². The Kier molecular flexibility index (Phi) is 5.37. The molecule has 0 spiro atoms. The number of ether oxygens (including phenoxy) is 2. The van der Waals surface area contributed by atoms with Crippen molar-refractivity contribution in [2.24, 2.45) is 0 Å². The third kappa shape index (κ3) is 3.81. The van der Waals surface area contributed by atoms with Gasteiger partial charge in [-0.2, -0.15) is 0 Å². The van der Waals surface area contributed by atoms with Crippen molar-refractivity contribution in [2.75, 3.05) is 14.2 Å². The number of nitro benzene ring substituents is 1. The molecule has 0 atom stereocenters. The minimum absolute atomic E-state index is 0.0491. The summed E-state index contributed by atoms with van der Waals surface area (Å²) in [7, 11) is -0.884. The molecule has 2 aromatic rings. The Labute approximate surface area is 139 Å². The van der Waals surface area contributed by atoms with E-state index in [2.05, 4.69) is 4.72 Å². The Balaban J connectivity index is 2.23. The van der Waals surface area contributed by atoms with Crippen LogP contribution in [0.5, 0.6) is 11.5 Å². The van der Waals surface area contributed by atoms with Crippen LogP contribution in [0.4, 0.5) is 5.69 Å². The zero-order chi connectivity index (χ0) is 17.7. The number of nitrogens with zero attached hydrogens (tertiary/aromatic N) is 1. The van der Waals surface area contributed by atoms with Gasteiger partial charge >= 0.3 is 0 Å². The van der Waals surface area contributed by atoms with Crippen LogP contribution >= 0.6 is 0 Å². The molecule has 24 heavy (non-hydrogen) atoms. The average Bonchev–Trinajstić information content (AvgIpc) is 2.59. The van der Waals surface area contributed by atoms with E-state index in [0.29, 0.717) is 17.1 Å². The first kappa shape index (κ1) is 17.7. The summed E-state index contributed by atoms with van der Waals surface area (Å²) in [6.45, 7) is -0.0491. The van der Waals surface area contributed by atoms with E-state index < -0.39 is 14.9 Å². The van der Waals surface area contributed by atoms with Crippen LogP contribution in [-0.4, -0.2) is 27.6 Å². The highest BCUT2D eigenvalue weighted by Gasteiger charge is 2.18. The molecule has 0 unspecified atom stereocenters. The van der Waals surface area contributed by atoms with Gasteiger partial charge in [-0.05, 0) is 24.3 Å². The quantitative estimate of drug-likeness (QED) is 0.604. The highest BCUT2D eigenvalue weighted by molar-refractivity contribution is 7.89. The summed E-state index contributed by atoms with van der Waals surface area (Å²) >= 11 is 0. The minimum atomic E-state index is -3.83. The van der Waals surface area contributed by atoms with Crippen molar-refractivity contribution in [3.8, 4) is 11.5 Å². The van der Waals surface area contributed by atoms with E-state index >= 15 is 0 Å².